The van der Waals surface area contributed by atoms with Gasteiger partial charge in [-0.1, -0.05) is 0 Å². The molecule has 0 saturated heterocycles. The van der Waals surface area contributed by atoms with Crippen molar-refractivity contribution in [3.05, 3.63) is 45.0 Å². The van der Waals surface area contributed by atoms with Gasteiger partial charge in [0.25, 0.3) is 5.91 Å². The number of hydrogen-bond donors (Lipinski definition) is 1. The van der Waals surface area contributed by atoms with Crippen LogP contribution >= 0.6 is 22.6 Å². The van der Waals surface area contributed by atoms with Gasteiger partial charge in [-0.25, -0.2) is 5.43 Å². The zero-order valence-corrected chi connectivity index (χ0v) is 17.0. The highest BCUT2D eigenvalue weighted by molar-refractivity contribution is 14.1. The van der Waals surface area contributed by atoms with Crippen molar-refractivity contribution in [3.63, 3.8) is 0 Å². The van der Waals surface area contributed by atoms with Crippen molar-refractivity contribution in [1.82, 2.24) is 5.43 Å². The Balaban J connectivity index is 2.15. The highest BCUT2D eigenvalue weighted by Gasteiger charge is 2.12. The van der Waals surface area contributed by atoms with Crippen LogP contribution in [0.1, 0.15) is 15.9 Å². The smallest absolute Gasteiger partial charge is 0.271 e. The van der Waals surface area contributed by atoms with Crippen LogP contribution < -0.4 is 24.4 Å². The molecule has 0 saturated carbocycles. The van der Waals surface area contributed by atoms with Crippen LogP contribution in [0.2, 0.25) is 0 Å². The molecule has 2 aromatic carbocycles. The van der Waals surface area contributed by atoms with Crippen molar-refractivity contribution in [2.75, 3.05) is 28.4 Å². The Morgan fingerprint density at radius 1 is 0.962 bits per heavy atom. The summed E-state index contributed by atoms with van der Waals surface area (Å²) in [4.78, 5) is 12.2. The van der Waals surface area contributed by atoms with Gasteiger partial charge in [0, 0.05) is 11.1 Å². The van der Waals surface area contributed by atoms with Gasteiger partial charge in [-0.2, -0.15) is 5.10 Å². The van der Waals surface area contributed by atoms with Gasteiger partial charge in [-0.15, -0.1) is 0 Å². The van der Waals surface area contributed by atoms with Crippen molar-refractivity contribution < 1.29 is 23.7 Å². The molecule has 2 aromatic rings. The van der Waals surface area contributed by atoms with Crippen LogP contribution in [0.15, 0.2) is 35.4 Å². The molecule has 0 radical (unpaired) electrons. The monoisotopic (exact) mass is 470 g/mol. The first-order valence-corrected chi connectivity index (χ1v) is 8.58. The van der Waals surface area contributed by atoms with Gasteiger partial charge in [0.05, 0.1) is 38.2 Å². The van der Waals surface area contributed by atoms with E-state index < -0.39 is 0 Å². The summed E-state index contributed by atoms with van der Waals surface area (Å²) < 4.78 is 21.9. The molecule has 1 N–H and O–H groups in total. The van der Waals surface area contributed by atoms with Crippen LogP contribution in [0.5, 0.6) is 23.0 Å². The number of carbonyl (C=O) groups excluding carboxylic acids is 1. The van der Waals surface area contributed by atoms with Gasteiger partial charge in [0.2, 0.25) is 5.75 Å². The van der Waals surface area contributed by atoms with Gasteiger partial charge in [0.1, 0.15) is 5.75 Å². The molecule has 0 heterocycles. The third-order valence-electron chi connectivity index (χ3n) is 3.48. The van der Waals surface area contributed by atoms with E-state index in [0.717, 1.165) is 3.57 Å². The summed E-state index contributed by atoms with van der Waals surface area (Å²) in [5.41, 5.74) is 3.66. The normalized spacial score (nSPS) is 10.5. The molecular formula is C18H19IN2O5. The van der Waals surface area contributed by atoms with Crippen LogP contribution in [0, 0.1) is 3.57 Å². The Hall–Kier alpha value is -2.49. The molecule has 0 fully saturated rings. The quantitative estimate of drug-likeness (QED) is 0.383. The van der Waals surface area contributed by atoms with Crippen molar-refractivity contribution in [1.29, 1.82) is 0 Å². The van der Waals surface area contributed by atoms with Crippen LogP contribution in [-0.2, 0) is 0 Å². The van der Waals surface area contributed by atoms with Crippen molar-refractivity contribution in [2.45, 2.75) is 0 Å². The highest BCUT2D eigenvalue weighted by atomic mass is 127. The molecule has 26 heavy (non-hydrogen) atoms. The molecule has 2 rings (SSSR count). The van der Waals surface area contributed by atoms with E-state index in [1.54, 1.807) is 37.4 Å². The Kier molecular flexibility index (Phi) is 7.07. The summed E-state index contributed by atoms with van der Waals surface area (Å²) in [6, 6.07) is 8.59. The maximum Gasteiger partial charge on any atom is 0.271 e. The molecule has 0 aliphatic carbocycles. The molecule has 7 nitrogen and oxygen atoms in total. The second-order valence-corrected chi connectivity index (χ2v) is 6.17. The molecule has 0 aliphatic heterocycles. The number of ether oxygens (including phenoxy) is 4. The molecule has 138 valence electrons. The molecule has 0 aliphatic rings. The number of amides is 1. The molecule has 0 bridgehead atoms. The van der Waals surface area contributed by atoms with Crippen LogP contribution in [0.4, 0.5) is 0 Å². The van der Waals surface area contributed by atoms with E-state index in [-0.39, 0.29) is 5.91 Å². The average molecular weight is 470 g/mol. The molecule has 0 aromatic heterocycles. The topological polar surface area (TPSA) is 78.4 Å². The first-order valence-electron chi connectivity index (χ1n) is 7.51. The lowest BCUT2D eigenvalue weighted by molar-refractivity contribution is 0.0955. The summed E-state index contributed by atoms with van der Waals surface area (Å²) in [7, 11) is 6.18. The lowest BCUT2D eigenvalue weighted by Crippen LogP contribution is -2.17. The van der Waals surface area contributed by atoms with Gasteiger partial charge >= 0.3 is 0 Å². The van der Waals surface area contributed by atoms with E-state index in [1.807, 2.05) is 0 Å². The fraction of sp³-hybridized carbons (Fsp3) is 0.222. The Morgan fingerprint density at radius 2 is 1.58 bits per heavy atom. The van der Waals surface area contributed by atoms with Gasteiger partial charge in [0.15, 0.2) is 11.5 Å². The van der Waals surface area contributed by atoms with Crippen LogP contribution in [0.25, 0.3) is 0 Å². The Labute approximate surface area is 165 Å². The number of nitrogens with zero attached hydrogens (tertiary/aromatic N) is 1. The van der Waals surface area contributed by atoms with E-state index >= 15 is 0 Å². The van der Waals surface area contributed by atoms with Crippen LogP contribution in [0.3, 0.4) is 0 Å². The first kappa shape index (κ1) is 19.8. The first-order chi connectivity index (χ1) is 12.5. The summed E-state index contributed by atoms with van der Waals surface area (Å²) in [5, 5.41) is 3.99. The minimum Gasteiger partial charge on any atom is -0.496 e. The predicted molar refractivity (Wildman–Crippen MR) is 107 cm³/mol. The SMILES string of the molecule is COc1ccc(C(=O)NN=Cc2cc(OC)c(OC)c(OC)c2)cc1I. The fourth-order valence-electron chi connectivity index (χ4n) is 2.21. The zero-order valence-electron chi connectivity index (χ0n) is 14.8. The van der Waals surface area contributed by atoms with Crippen molar-refractivity contribution in [3.8, 4) is 23.0 Å². The number of benzene rings is 2. The molecule has 8 heteroatoms. The molecule has 1 amide bonds. The number of methoxy groups -OCH3 is 4. The highest BCUT2D eigenvalue weighted by Crippen LogP contribution is 2.37. The third-order valence-corrected chi connectivity index (χ3v) is 4.32. The minimum absolute atomic E-state index is 0.325. The van der Waals surface area contributed by atoms with E-state index in [0.29, 0.717) is 34.1 Å². The number of halogens is 1. The number of rotatable bonds is 7. The van der Waals surface area contributed by atoms with Crippen molar-refractivity contribution >= 4 is 34.7 Å². The van der Waals surface area contributed by atoms with E-state index in [2.05, 4.69) is 33.1 Å². The van der Waals surface area contributed by atoms with Gasteiger partial charge in [-0.05, 0) is 52.9 Å². The van der Waals surface area contributed by atoms with E-state index in [9.17, 15) is 4.79 Å². The lowest BCUT2D eigenvalue weighted by atomic mass is 10.2. The van der Waals surface area contributed by atoms with Gasteiger partial charge in [-0.3, -0.25) is 4.79 Å². The average Bonchev–Trinajstić information content (AvgIpc) is 2.66. The molecule has 0 unspecified atom stereocenters. The third kappa shape index (κ3) is 4.57. The molecule has 0 spiro atoms. The number of nitrogens with one attached hydrogen (secondary N) is 1. The van der Waals surface area contributed by atoms with E-state index in [1.165, 1.54) is 27.5 Å². The standard InChI is InChI=1S/C18H19IN2O5/c1-23-14-6-5-12(9-13(14)19)18(22)21-20-10-11-7-15(24-2)17(26-4)16(8-11)25-3/h5-10H,1-4H3,(H,21,22). The largest absolute Gasteiger partial charge is 0.496 e. The van der Waals surface area contributed by atoms with Gasteiger partial charge < -0.3 is 18.9 Å². The Morgan fingerprint density at radius 3 is 2.08 bits per heavy atom. The number of hydrazone groups is 1. The van der Waals surface area contributed by atoms with E-state index in [4.69, 9.17) is 18.9 Å². The zero-order chi connectivity index (χ0) is 19.1. The summed E-state index contributed by atoms with van der Waals surface area (Å²) >= 11 is 2.11. The summed E-state index contributed by atoms with van der Waals surface area (Å²) in [5.74, 6) is 1.88. The second kappa shape index (κ2) is 9.27. The minimum atomic E-state index is -0.325. The maximum atomic E-state index is 12.2. The predicted octanol–water partition coefficient (Wildman–Crippen LogP) is 3.09. The number of carbonyl (C=O) groups is 1. The molecular weight excluding hydrogens is 451 g/mol. The molecule has 0 atom stereocenters. The summed E-state index contributed by atoms with van der Waals surface area (Å²) in [6.45, 7) is 0. The fourth-order valence-corrected chi connectivity index (χ4v) is 2.95. The maximum absolute atomic E-state index is 12.2. The van der Waals surface area contributed by atoms with Crippen LogP contribution in [-0.4, -0.2) is 40.6 Å². The second-order valence-electron chi connectivity index (χ2n) is 5.01. The lowest BCUT2D eigenvalue weighted by Gasteiger charge is -2.12. The number of hydrogen-bond acceptors (Lipinski definition) is 6. The van der Waals surface area contributed by atoms with Crippen molar-refractivity contribution in [2.24, 2.45) is 5.10 Å². The summed E-state index contributed by atoms with van der Waals surface area (Å²) in [6.07, 6.45) is 1.50. The Bertz CT molecular complexity index is 798.